The predicted octanol–water partition coefficient (Wildman–Crippen LogP) is 0.152. The van der Waals surface area contributed by atoms with Gasteiger partial charge in [0.05, 0.1) is 11.4 Å². The van der Waals surface area contributed by atoms with E-state index in [0.717, 1.165) is 0 Å². The van der Waals surface area contributed by atoms with E-state index in [0.29, 0.717) is 12.1 Å². The Balaban J connectivity index is 2.47. The molecule has 2 amide bonds. The van der Waals surface area contributed by atoms with Crippen LogP contribution in [0.4, 0.5) is 0 Å². The third-order valence-electron chi connectivity index (χ3n) is 3.55. The van der Waals surface area contributed by atoms with Gasteiger partial charge in [-0.15, -0.1) is 0 Å². The van der Waals surface area contributed by atoms with Gasteiger partial charge in [-0.3, -0.25) is 14.4 Å². The fourth-order valence-corrected chi connectivity index (χ4v) is 2.86. The van der Waals surface area contributed by atoms with Gasteiger partial charge in [-0.2, -0.15) is 0 Å². The Kier molecular flexibility index (Phi) is 7.72. The van der Waals surface area contributed by atoms with Gasteiger partial charge in [-0.25, -0.2) is 13.1 Å². The maximum Gasteiger partial charge on any atom is 0.241 e. The van der Waals surface area contributed by atoms with E-state index in [2.05, 4.69) is 10.0 Å². The highest BCUT2D eigenvalue weighted by molar-refractivity contribution is 7.89. The van der Waals surface area contributed by atoms with Crippen LogP contribution in [0.25, 0.3) is 0 Å². The highest BCUT2D eigenvalue weighted by Crippen LogP contribution is 2.10. The molecule has 25 heavy (non-hydrogen) atoms. The van der Waals surface area contributed by atoms with Crippen LogP contribution in [0.3, 0.4) is 0 Å². The van der Waals surface area contributed by atoms with Gasteiger partial charge in [0, 0.05) is 32.1 Å². The zero-order chi connectivity index (χ0) is 19.0. The van der Waals surface area contributed by atoms with Crippen LogP contribution in [0.5, 0.6) is 0 Å². The van der Waals surface area contributed by atoms with Crippen LogP contribution in [0.1, 0.15) is 30.6 Å². The highest BCUT2D eigenvalue weighted by atomic mass is 32.2. The number of Topliss-reactive ketones (excluding diaryl/α,β-unsaturated/α-hetero) is 1. The standard InChI is InChI=1S/C16H23N3O5S/c1-4-19(3)16(22)11-17-15(21)9-10-18-25(23,24)14-7-5-13(6-8-14)12(2)20/h5-8,18H,4,9-11H2,1-3H3,(H,17,21). The number of carbonyl (C=O) groups is 3. The Morgan fingerprint density at radius 3 is 2.24 bits per heavy atom. The van der Waals surface area contributed by atoms with Crippen molar-refractivity contribution in [3.05, 3.63) is 29.8 Å². The summed E-state index contributed by atoms with van der Waals surface area (Å²) in [5.41, 5.74) is 0.417. The minimum absolute atomic E-state index is 0.0117. The van der Waals surface area contributed by atoms with E-state index in [-0.39, 0.29) is 36.1 Å². The maximum absolute atomic E-state index is 12.1. The molecule has 0 spiro atoms. The Morgan fingerprint density at radius 2 is 1.72 bits per heavy atom. The second-order valence-corrected chi connectivity index (χ2v) is 7.18. The third kappa shape index (κ3) is 6.63. The highest BCUT2D eigenvalue weighted by Gasteiger charge is 2.15. The quantitative estimate of drug-likeness (QED) is 0.602. The normalized spacial score (nSPS) is 11.0. The zero-order valence-electron chi connectivity index (χ0n) is 14.5. The number of ketones is 1. The number of sulfonamides is 1. The number of amides is 2. The monoisotopic (exact) mass is 369 g/mol. The molecule has 0 aromatic heterocycles. The molecular weight excluding hydrogens is 346 g/mol. The number of rotatable bonds is 9. The fraction of sp³-hybridized carbons (Fsp3) is 0.438. The molecule has 0 heterocycles. The van der Waals surface area contributed by atoms with E-state index in [1.807, 2.05) is 6.92 Å². The lowest BCUT2D eigenvalue weighted by atomic mass is 10.2. The molecule has 9 heteroatoms. The van der Waals surface area contributed by atoms with Gasteiger partial charge in [0.15, 0.2) is 5.78 Å². The number of hydrogen-bond donors (Lipinski definition) is 2. The van der Waals surface area contributed by atoms with E-state index in [1.165, 1.54) is 36.1 Å². The van der Waals surface area contributed by atoms with Crippen LogP contribution in [0.15, 0.2) is 29.2 Å². The molecule has 0 aliphatic heterocycles. The van der Waals surface area contributed by atoms with Gasteiger partial charge in [0.1, 0.15) is 0 Å². The molecule has 0 aliphatic carbocycles. The molecule has 0 bridgehead atoms. The smallest absolute Gasteiger partial charge is 0.241 e. The van der Waals surface area contributed by atoms with Gasteiger partial charge < -0.3 is 10.2 Å². The minimum Gasteiger partial charge on any atom is -0.347 e. The Labute approximate surface area is 147 Å². The van der Waals surface area contributed by atoms with E-state index in [1.54, 1.807) is 7.05 Å². The van der Waals surface area contributed by atoms with Crippen molar-refractivity contribution in [2.45, 2.75) is 25.2 Å². The van der Waals surface area contributed by atoms with E-state index in [9.17, 15) is 22.8 Å². The van der Waals surface area contributed by atoms with Crippen LogP contribution in [0.2, 0.25) is 0 Å². The number of hydrogen-bond acceptors (Lipinski definition) is 5. The van der Waals surface area contributed by atoms with Gasteiger partial charge in [-0.05, 0) is 26.0 Å². The molecule has 0 aliphatic rings. The second kappa shape index (κ2) is 9.28. The van der Waals surface area contributed by atoms with Crippen molar-refractivity contribution in [2.75, 3.05) is 26.7 Å². The van der Waals surface area contributed by atoms with Crippen molar-refractivity contribution in [2.24, 2.45) is 0 Å². The molecule has 0 radical (unpaired) electrons. The van der Waals surface area contributed by atoms with E-state index in [4.69, 9.17) is 0 Å². The average molecular weight is 369 g/mol. The molecule has 138 valence electrons. The Hall–Kier alpha value is -2.26. The lowest BCUT2D eigenvalue weighted by Crippen LogP contribution is -2.39. The van der Waals surface area contributed by atoms with E-state index < -0.39 is 15.9 Å². The zero-order valence-corrected chi connectivity index (χ0v) is 15.4. The molecule has 0 saturated heterocycles. The molecule has 1 aromatic rings. The van der Waals surface area contributed by atoms with Gasteiger partial charge in [0.2, 0.25) is 21.8 Å². The van der Waals surface area contributed by atoms with Crippen molar-refractivity contribution in [1.82, 2.24) is 14.9 Å². The number of carbonyl (C=O) groups excluding carboxylic acids is 3. The van der Waals surface area contributed by atoms with E-state index >= 15 is 0 Å². The Morgan fingerprint density at radius 1 is 1.12 bits per heavy atom. The summed E-state index contributed by atoms with van der Waals surface area (Å²) < 4.78 is 26.5. The molecular formula is C16H23N3O5S. The Bertz CT molecular complexity index is 729. The summed E-state index contributed by atoms with van der Waals surface area (Å²) in [5.74, 6) is -0.800. The topological polar surface area (TPSA) is 113 Å². The predicted molar refractivity (Wildman–Crippen MR) is 92.6 cm³/mol. The van der Waals surface area contributed by atoms with Crippen LogP contribution in [-0.2, 0) is 19.6 Å². The second-order valence-electron chi connectivity index (χ2n) is 5.41. The van der Waals surface area contributed by atoms with Crippen molar-refractivity contribution in [1.29, 1.82) is 0 Å². The third-order valence-corrected chi connectivity index (χ3v) is 5.03. The van der Waals surface area contributed by atoms with Crippen LogP contribution in [0, 0.1) is 0 Å². The number of nitrogens with zero attached hydrogens (tertiary/aromatic N) is 1. The largest absolute Gasteiger partial charge is 0.347 e. The van der Waals surface area contributed by atoms with Crippen molar-refractivity contribution in [3.63, 3.8) is 0 Å². The first kappa shape index (κ1) is 20.8. The molecule has 1 aromatic carbocycles. The summed E-state index contributed by atoms with van der Waals surface area (Å²) in [6.07, 6.45) is -0.0894. The lowest BCUT2D eigenvalue weighted by molar-refractivity contribution is -0.131. The lowest BCUT2D eigenvalue weighted by Gasteiger charge is -2.14. The molecule has 1 rings (SSSR count). The van der Waals surface area contributed by atoms with Crippen LogP contribution >= 0.6 is 0 Å². The fourth-order valence-electron chi connectivity index (χ4n) is 1.82. The van der Waals surface area contributed by atoms with Gasteiger partial charge in [0.25, 0.3) is 0 Å². The molecule has 2 N–H and O–H groups in total. The van der Waals surface area contributed by atoms with Crippen LogP contribution in [-0.4, -0.2) is 57.6 Å². The van der Waals surface area contributed by atoms with Crippen molar-refractivity contribution in [3.8, 4) is 0 Å². The first-order valence-corrected chi connectivity index (χ1v) is 9.27. The molecule has 0 atom stereocenters. The summed E-state index contributed by atoms with van der Waals surface area (Å²) in [6, 6.07) is 5.52. The first-order chi connectivity index (χ1) is 11.7. The maximum atomic E-state index is 12.1. The summed E-state index contributed by atoms with van der Waals surface area (Å²) in [7, 11) is -2.14. The van der Waals surface area contributed by atoms with Gasteiger partial charge >= 0.3 is 0 Å². The summed E-state index contributed by atoms with van der Waals surface area (Å²) in [5, 5.41) is 2.44. The first-order valence-electron chi connectivity index (χ1n) is 7.78. The van der Waals surface area contributed by atoms with Crippen LogP contribution < -0.4 is 10.0 Å². The molecule has 0 fully saturated rings. The molecule has 0 unspecified atom stereocenters. The minimum atomic E-state index is -3.76. The number of benzene rings is 1. The average Bonchev–Trinajstić information content (AvgIpc) is 2.58. The SMILES string of the molecule is CCN(C)C(=O)CNC(=O)CCNS(=O)(=O)c1ccc(C(C)=O)cc1. The summed E-state index contributed by atoms with van der Waals surface area (Å²) in [6.45, 7) is 3.53. The summed E-state index contributed by atoms with van der Waals surface area (Å²) in [4.78, 5) is 35.9. The molecule has 0 saturated carbocycles. The molecule has 8 nitrogen and oxygen atoms in total. The number of nitrogens with one attached hydrogen (secondary N) is 2. The summed E-state index contributed by atoms with van der Waals surface area (Å²) >= 11 is 0. The van der Waals surface area contributed by atoms with Gasteiger partial charge in [-0.1, -0.05) is 12.1 Å². The number of likely N-dealkylation sites (N-methyl/N-ethyl adjacent to an activating group) is 1. The van der Waals surface area contributed by atoms with Crippen molar-refractivity contribution >= 4 is 27.6 Å². The van der Waals surface area contributed by atoms with Crippen molar-refractivity contribution < 1.29 is 22.8 Å².